The van der Waals surface area contributed by atoms with Gasteiger partial charge in [0.1, 0.15) is 5.76 Å². The van der Waals surface area contributed by atoms with Gasteiger partial charge in [0.15, 0.2) is 5.96 Å². The van der Waals surface area contributed by atoms with E-state index in [1.165, 1.54) is 0 Å². The number of aromatic nitrogens is 2. The highest BCUT2D eigenvalue weighted by atomic mass is 127. The van der Waals surface area contributed by atoms with E-state index < -0.39 is 0 Å². The van der Waals surface area contributed by atoms with Crippen molar-refractivity contribution in [3.8, 4) is 0 Å². The fraction of sp³-hybridized carbons (Fsp3) is 0.316. The van der Waals surface area contributed by atoms with Crippen molar-refractivity contribution in [3.63, 3.8) is 0 Å². The first-order chi connectivity index (χ1) is 12.2. The molecular weight excluding hydrogens is 441 g/mol. The number of benzene rings is 1. The lowest BCUT2D eigenvalue weighted by atomic mass is 10.1. The molecule has 6 nitrogen and oxygen atoms in total. The van der Waals surface area contributed by atoms with Crippen LogP contribution >= 0.6 is 24.0 Å². The molecule has 0 saturated heterocycles. The number of aliphatic imine (C=N–C) groups is 1. The molecule has 138 valence electrons. The van der Waals surface area contributed by atoms with E-state index in [0.29, 0.717) is 19.0 Å². The van der Waals surface area contributed by atoms with Gasteiger partial charge in [-0.3, -0.25) is 4.98 Å². The van der Waals surface area contributed by atoms with Gasteiger partial charge in [-0.25, -0.2) is 9.98 Å². The largest absolute Gasteiger partial charge is 0.444 e. The molecule has 0 saturated carbocycles. The second kappa shape index (κ2) is 9.51. The summed E-state index contributed by atoms with van der Waals surface area (Å²) in [7, 11) is 0. The summed E-state index contributed by atoms with van der Waals surface area (Å²) >= 11 is 0. The molecule has 1 aromatic carbocycles. The van der Waals surface area contributed by atoms with E-state index in [1.807, 2.05) is 51.2 Å². The summed E-state index contributed by atoms with van der Waals surface area (Å²) in [6, 6.07) is 10.1. The number of fused-ring (bicyclic) bond motifs is 1. The molecule has 26 heavy (non-hydrogen) atoms. The molecule has 0 radical (unpaired) electrons. The summed E-state index contributed by atoms with van der Waals surface area (Å²) in [5, 5.41) is 7.64. The Morgan fingerprint density at radius 3 is 2.69 bits per heavy atom. The van der Waals surface area contributed by atoms with Crippen molar-refractivity contribution in [2.45, 2.75) is 33.9 Å². The number of nitrogens with one attached hydrogen (secondary N) is 2. The second-order valence-electron chi connectivity index (χ2n) is 5.79. The lowest BCUT2D eigenvalue weighted by Crippen LogP contribution is -2.36. The minimum atomic E-state index is 0. The summed E-state index contributed by atoms with van der Waals surface area (Å²) in [6.45, 7) is 7.75. The molecule has 7 heteroatoms. The summed E-state index contributed by atoms with van der Waals surface area (Å²) in [5.41, 5.74) is 3.05. The van der Waals surface area contributed by atoms with E-state index in [0.717, 1.165) is 40.4 Å². The molecule has 0 aliphatic carbocycles. The summed E-state index contributed by atoms with van der Waals surface area (Å²) in [5.74, 6) is 2.24. The Morgan fingerprint density at radius 1 is 1.15 bits per heavy atom. The maximum absolute atomic E-state index is 5.60. The van der Waals surface area contributed by atoms with Crippen LogP contribution in [0.3, 0.4) is 0 Å². The Hall–Kier alpha value is -2.16. The first-order valence-corrected chi connectivity index (χ1v) is 8.45. The van der Waals surface area contributed by atoms with Gasteiger partial charge in [0.2, 0.25) is 5.89 Å². The molecule has 0 spiro atoms. The van der Waals surface area contributed by atoms with Gasteiger partial charge in [-0.05, 0) is 38.5 Å². The smallest absolute Gasteiger partial charge is 0.214 e. The summed E-state index contributed by atoms with van der Waals surface area (Å²) in [6.07, 6.45) is 1.83. The molecule has 2 N–H and O–H groups in total. The van der Waals surface area contributed by atoms with Crippen LogP contribution in [-0.4, -0.2) is 22.5 Å². The Balaban J connectivity index is 0.00000243. The van der Waals surface area contributed by atoms with E-state index in [-0.39, 0.29) is 24.0 Å². The minimum absolute atomic E-state index is 0. The quantitative estimate of drug-likeness (QED) is 0.342. The average molecular weight is 465 g/mol. The highest BCUT2D eigenvalue weighted by Gasteiger charge is 2.07. The lowest BCUT2D eigenvalue weighted by Gasteiger charge is -2.10. The highest BCUT2D eigenvalue weighted by molar-refractivity contribution is 14.0. The van der Waals surface area contributed by atoms with E-state index in [2.05, 4.69) is 31.7 Å². The van der Waals surface area contributed by atoms with Crippen LogP contribution in [0.2, 0.25) is 0 Å². The van der Waals surface area contributed by atoms with Gasteiger partial charge in [-0.2, -0.15) is 0 Å². The molecule has 0 atom stereocenters. The lowest BCUT2D eigenvalue weighted by molar-refractivity contribution is 0.463. The van der Waals surface area contributed by atoms with Gasteiger partial charge in [-0.1, -0.05) is 18.2 Å². The first kappa shape index (κ1) is 20.2. The minimum Gasteiger partial charge on any atom is -0.444 e. The van der Waals surface area contributed by atoms with Gasteiger partial charge >= 0.3 is 0 Å². The fourth-order valence-electron chi connectivity index (χ4n) is 2.57. The third-order valence-electron chi connectivity index (χ3n) is 3.97. The van der Waals surface area contributed by atoms with E-state index in [9.17, 15) is 0 Å². The molecule has 0 amide bonds. The number of nitrogens with zero attached hydrogens (tertiary/aromatic N) is 3. The molecule has 2 heterocycles. The van der Waals surface area contributed by atoms with Crippen molar-refractivity contribution in [1.82, 2.24) is 20.6 Å². The van der Waals surface area contributed by atoms with E-state index in [1.54, 1.807) is 0 Å². The first-order valence-electron chi connectivity index (χ1n) is 8.45. The molecule has 3 aromatic rings. The number of aryl methyl sites for hydroxylation is 2. The van der Waals surface area contributed by atoms with Crippen molar-refractivity contribution < 1.29 is 4.42 Å². The van der Waals surface area contributed by atoms with Crippen LogP contribution in [0.4, 0.5) is 0 Å². The molecule has 3 rings (SSSR count). The monoisotopic (exact) mass is 465 g/mol. The van der Waals surface area contributed by atoms with Crippen molar-refractivity contribution >= 4 is 40.8 Å². The van der Waals surface area contributed by atoms with E-state index >= 15 is 0 Å². The zero-order valence-corrected chi connectivity index (χ0v) is 17.6. The second-order valence-corrected chi connectivity index (χ2v) is 5.79. The van der Waals surface area contributed by atoms with Gasteiger partial charge in [-0.15, -0.1) is 24.0 Å². The molecule has 0 aliphatic rings. The van der Waals surface area contributed by atoms with Crippen LogP contribution in [0.25, 0.3) is 10.9 Å². The molecule has 0 bridgehead atoms. The summed E-state index contributed by atoms with van der Waals surface area (Å²) < 4.78 is 5.60. The number of oxazole rings is 1. The fourth-order valence-corrected chi connectivity index (χ4v) is 2.57. The van der Waals surface area contributed by atoms with Gasteiger partial charge in [0.05, 0.1) is 24.3 Å². The molecule has 2 aromatic heterocycles. The predicted molar refractivity (Wildman–Crippen MR) is 115 cm³/mol. The third kappa shape index (κ3) is 4.94. The van der Waals surface area contributed by atoms with Crippen LogP contribution in [0.5, 0.6) is 0 Å². The van der Waals surface area contributed by atoms with Crippen LogP contribution in [-0.2, 0) is 13.1 Å². The SMILES string of the molecule is CCNC(=NCc1ccnc2ccccc12)NCc1nc(C)c(C)o1.I. The van der Waals surface area contributed by atoms with Gasteiger partial charge < -0.3 is 15.1 Å². The normalized spacial score (nSPS) is 11.3. The number of hydrogen-bond donors (Lipinski definition) is 2. The van der Waals surface area contributed by atoms with Crippen molar-refractivity contribution in [3.05, 3.63) is 59.4 Å². The van der Waals surface area contributed by atoms with Gasteiger partial charge in [0, 0.05) is 18.1 Å². The predicted octanol–water partition coefficient (Wildman–Crippen LogP) is 3.71. The maximum Gasteiger partial charge on any atom is 0.214 e. The zero-order chi connectivity index (χ0) is 17.6. The van der Waals surface area contributed by atoms with Crippen molar-refractivity contribution in [1.29, 1.82) is 0 Å². The van der Waals surface area contributed by atoms with Crippen molar-refractivity contribution in [2.75, 3.05) is 6.54 Å². The Kier molecular flexibility index (Phi) is 7.38. The van der Waals surface area contributed by atoms with Crippen LogP contribution in [0.1, 0.15) is 29.8 Å². The van der Waals surface area contributed by atoms with E-state index in [4.69, 9.17) is 4.42 Å². The Bertz CT molecular complexity index is 866. The average Bonchev–Trinajstić information content (AvgIpc) is 2.95. The maximum atomic E-state index is 5.60. The molecule has 0 unspecified atom stereocenters. The topological polar surface area (TPSA) is 75.3 Å². The number of para-hydroxylation sites is 1. The Labute approximate surface area is 170 Å². The molecular formula is C19H24IN5O. The zero-order valence-electron chi connectivity index (χ0n) is 15.2. The third-order valence-corrected chi connectivity index (χ3v) is 3.97. The summed E-state index contributed by atoms with van der Waals surface area (Å²) in [4.78, 5) is 13.4. The molecule has 0 fully saturated rings. The number of rotatable bonds is 5. The highest BCUT2D eigenvalue weighted by Crippen LogP contribution is 2.16. The number of guanidine groups is 1. The van der Waals surface area contributed by atoms with Gasteiger partial charge in [0.25, 0.3) is 0 Å². The van der Waals surface area contributed by atoms with Crippen LogP contribution in [0, 0.1) is 13.8 Å². The molecule has 0 aliphatic heterocycles. The number of halogens is 1. The van der Waals surface area contributed by atoms with Crippen LogP contribution in [0.15, 0.2) is 45.9 Å². The van der Waals surface area contributed by atoms with Crippen molar-refractivity contribution in [2.24, 2.45) is 4.99 Å². The number of pyridine rings is 1. The Morgan fingerprint density at radius 2 is 1.96 bits per heavy atom. The standard InChI is InChI=1S/C19H23N5O.HI/c1-4-20-19(23-12-18-24-13(2)14(3)25-18)22-11-15-9-10-21-17-8-6-5-7-16(15)17;/h5-10H,4,11-12H2,1-3H3,(H2,20,22,23);1H. The number of hydrogen-bond acceptors (Lipinski definition) is 4. The van der Waals surface area contributed by atoms with Crippen LogP contribution < -0.4 is 10.6 Å².